The summed E-state index contributed by atoms with van der Waals surface area (Å²) in [6.45, 7) is 0. The molecule has 1 aromatic heterocycles. The van der Waals surface area contributed by atoms with Gasteiger partial charge in [0.25, 0.3) is 5.69 Å². The van der Waals surface area contributed by atoms with E-state index < -0.39 is 0 Å². The van der Waals surface area contributed by atoms with Gasteiger partial charge in [0, 0.05) is 22.6 Å². The van der Waals surface area contributed by atoms with Crippen LogP contribution in [0.4, 0.5) is 5.69 Å². The highest BCUT2D eigenvalue weighted by atomic mass is 32.1. The summed E-state index contributed by atoms with van der Waals surface area (Å²) in [5.41, 5.74) is 3.32. The van der Waals surface area contributed by atoms with E-state index in [4.69, 9.17) is 4.98 Å². The predicted molar refractivity (Wildman–Crippen MR) is 115 cm³/mol. The SMILES string of the molecule is O=[N+]([O-])c1ccccc1-c1cc2ccccc2c2sc(-c3ccccc3)nc12. The van der Waals surface area contributed by atoms with Crippen molar-refractivity contribution < 1.29 is 4.92 Å². The molecule has 0 bridgehead atoms. The van der Waals surface area contributed by atoms with Crippen molar-refractivity contribution in [2.45, 2.75) is 0 Å². The number of rotatable bonds is 3. The van der Waals surface area contributed by atoms with Crippen molar-refractivity contribution in [1.29, 1.82) is 0 Å². The van der Waals surface area contributed by atoms with Crippen molar-refractivity contribution in [2.24, 2.45) is 0 Å². The quantitative estimate of drug-likeness (QED) is 0.258. The molecule has 0 N–H and O–H groups in total. The monoisotopic (exact) mass is 382 g/mol. The number of nitro benzene ring substituents is 1. The molecular formula is C23H14N2O2S. The Morgan fingerprint density at radius 3 is 2.36 bits per heavy atom. The van der Waals surface area contributed by atoms with Crippen molar-refractivity contribution in [1.82, 2.24) is 4.98 Å². The Balaban J connectivity index is 1.89. The van der Waals surface area contributed by atoms with Gasteiger partial charge in [-0.15, -0.1) is 11.3 Å². The first-order chi connectivity index (χ1) is 13.7. The first-order valence-electron chi connectivity index (χ1n) is 8.84. The smallest absolute Gasteiger partial charge is 0.258 e. The van der Waals surface area contributed by atoms with Crippen molar-refractivity contribution >= 4 is 38.0 Å². The maximum absolute atomic E-state index is 11.6. The lowest BCUT2D eigenvalue weighted by Gasteiger charge is -2.07. The molecular weight excluding hydrogens is 368 g/mol. The van der Waals surface area contributed by atoms with Gasteiger partial charge in [0.2, 0.25) is 0 Å². The van der Waals surface area contributed by atoms with Crippen LogP contribution in [0, 0.1) is 10.1 Å². The molecule has 5 aromatic rings. The van der Waals surface area contributed by atoms with E-state index in [0.717, 1.165) is 37.1 Å². The average molecular weight is 382 g/mol. The molecule has 0 amide bonds. The standard InChI is InChI=1S/C23H14N2O2S/c26-25(27)20-13-7-6-12-18(20)19-14-16-10-4-5-11-17(16)22-21(19)24-23(28-22)15-8-2-1-3-9-15/h1-14H. The summed E-state index contributed by atoms with van der Waals surface area (Å²) < 4.78 is 1.05. The normalized spacial score (nSPS) is 11.1. The minimum Gasteiger partial charge on any atom is -0.258 e. The fraction of sp³-hybridized carbons (Fsp3) is 0. The molecule has 0 spiro atoms. The molecule has 4 nitrogen and oxygen atoms in total. The van der Waals surface area contributed by atoms with Crippen LogP contribution in [-0.4, -0.2) is 9.91 Å². The molecule has 0 aliphatic heterocycles. The van der Waals surface area contributed by atoms with Crippen LogP contribution < -0.4 is 0 Å². The third kappa shape index (κ3) is 2.64. The number of nitro groups is 1. The third-order valence-electron chi connectivity index (χ3n) is 4.80. The summed E-state index contributed by atoms with van der Waals surface area (Å²) in [6, 6.07) is 27.0. The number of fused-ring (bicyclic) bond motifs is 3. The Kier molecular flexibility index (Phi) is 3.88. The molecule has 0 aliphatic rings. The van der Waals surface area contributed by atoms with Crippen molar-refractivity contribution in [3.63, 3.8) is 0 Å². The lowest BCUT2D eigenvalue weighted by Crippen LogP contribution is -1.92. The molecule has 0 atom stereocenters. The maximum Gasteiger partial charge on any atom is 0.277 e. The lowest BCUT2D eigenvalue weighted by atomic mass is 9.98. The summed E-state index contributed by atoms with van der Waals surface area (Å²) in [7, 11) is 0. The molecule has 0 aliphatic carbocycles. The van der Waals surface area contributed by atoms with E-state index >= 15 is 0 Å². The van der Waals surface area contributed by atoms with Crippen LogP contribution in [0.3, 0.4) is 0 Å². The van der Waals surface area contributed by atoms with Gasteiger partial charge in [-0.05, 0) is 17.5 Å². The highest BCUT2D eigenvalue weighted by Gasteiger charge is 2.20. The first kappa shape index (κ1) is 16.6. The van der Waals surface area contributed by atoms with Gasteiger partial charge in [0.05, 0.1) is 20.7 Å². The van der Waals surface area contributed by atoms with E-state index in [2.05, 4.69) is 6.07 Å². The van der Waals surface area contributed by atoms with Gasteiger partial charge in [-0.1, -0.05) is 66.7 Å². The van der Waals surface area contributed by atoms with Crippen LogP contribution in [0.5, 0.6) is 0 Å². The molecule has 5 rings (SSSR count). The van der Waals surface area contributed by atoms with Gasteiger partial charge in [0.15, 0.2) is 0 Å². The number of hydrogen-bond donors (Lipinski definition) is 0. The van der Waals surface area contributed by atoms with E-state index in [1.54, 1.807) is 29.5 Å². The van der Waals surface area contributed by atoms with E-state index in [1.807, 2.05) is 60.7 Å². The summed E-state index contributed by atoms with van der Waals surface area (Å²) in [4.78, 5) is 16.2. The highest BCUT2D eigenvalue weighted by Crippen LogP contribution is 2.42. The minimum absolute atomic E-state index is 0.0911. The summed E-state index contributed by atoms with van der Waals surface area (Å²) in [6.07, 6.45) is 0. The molecule has 28 heavy (non-hydrogen) atoms. The van der Waals surface area contributed by atoms with Crippen molar-refractivity contribution in [3.8, 4) is 21.7 Å². The van der Waals surface area contributed by atoms with Gasteiger partial charge in [-0.25, -0.2) is 4.98 Å². The molecule has 0 saturated carbocycles. The second kappa shape index (κ2) is 6.55. The van der Waals surface area contributed by atoms with Crippen molar-refractivity contribution in [2.75, 3.05) is 0 Å². The lowest BCUT2D eigenvalue weighted by molar-refractivity contribution is -0.384. The van der Waals surface area contributed by atoms with Gasteiger partial charge < -0.3 is 0 Å². The Morgan fingerprint density at radius 1 is 0.821 bits per heavy atom. The summed E-state index contributed by atoms with van der Waals surface area (Å²) >= 11 is 1.62. The maximum atomic E-state index is 11.6. The van der Waals surface area contributed by atoms with E-state index in [1.165, 1.54) is 0 Å². The molecule has 5 heteroatoms. The number of thiazole rings is 1. The Labute approximate surface area is 164 Å². The fourth-order valence-corrected chi connectivity index (χ4v) is 4.64. The van der Waals surface area contributed by atoms with Crippen LogP contribution >= 0.6 is 11.3 Å². The van der Waals surface area contributed by atoms with E-state index in [-0.39, 0.29) is 10.6 Å². The molecule has 1 heterocycles. The molecule has 0 saturated heterocycles. The molecule has 0 radical (unpaired) electrons. The predicted octanol–water partition coefficient (Wildman–Crippen LogP) is 6.69. The van der Waals surface area contributed by atoms with Gasteiger partial charge in [-0.3, -0.25) is 10.1 Å². The van der Waals surface area contributed by atoms with Crippen LogP contribution in [0.1, 0.15) is 0 Å². The van der Waals surface area contributed by atoms with Gasteiger partial charge in [0.1, 0.15) is 5.01 Å². The Hall–Kier alpha value is -3.57. The van der Waals surface area contributed by atoms with Gasteiger partial charge in [-0.2, -0.15) is 0 Å². The number of hydrogen-bond acceptors (Lipinski definition) is 4. The highest BCUT2D eigenvalue weighted by molar-refractivity contribution is 7.22. The van der Waals surface area contributed by atoms with Crippen LogP contribution in [0.2, 0.25) is 0 Å². The molecule has 4 aromatic carbocycles. The van der Waals surface area contributed by atoms with Crippen molar-refractivity contribution in [3.05, 3.63) is 95.0 Å². The second-order valence-electron chi connectivity index (χ2n) is 6.48. The van der Waals surface area contributed by atoms with E-state index in [9.17, 15) is 10.1 Å². The zero-order chi connectivity index (χ0) is 19.1. The van der Waals surface area contributed by atoms with E-state index in [0.29, 0.717) is 5.56 Å². The molecule has 134 valence electrons. The zero-order valence-corrected chi connectivity index (χ0v) is 15.5. The van der Waals surface area contributed by atoms with Crippen LogP contribution in [0.25, 0.3) is 42.7 Å². The molecule has 0 fully saturated rings. The first-order valence-corrected chi connectivity index (χ1v) is 9.65. The fourth-order valence-electron chi connectivity index (χ4n) is 3.51. The minimum atomic E-state index is -0.333. The summed E-state index contributed by atoms with van der Waals surface area (Å²) in [5, 5.41) is 14.7. The number of nitrogens with zero attached hydrogens (tertiary/aromatic N) is 2. The average Bonchev–Trinajstić information content (AvgIpc) is 3.19. The number of para-hydroxylation sites is 1. The third-order valence-corrected chi connectivity index (χ3v) is 5.94. The van der Waals surface area contributed by atoms with Gasteiger partial charge >= 0.3 is 0 Å². The van der Waals surface area contributed by atoms with Crippen LogP contribution in [0.15, 0.2) is 84.9 Å². The second-order valence-corrected chi connectivity index (χ2v) is 7.48. The van der Waals surface area contributed by atoms with Crippen LogP contribution in [-0.2, 0) is 0 Å². The Bertz CT molecular complexity index is 1340. The summed E-state index contributed by atoms with van der Waals surface area (Å²) in [5.74, 6) is 0. The molecule has 0 unspecified atom stereocenters. The largest absolute Gasteiger partial charge is 0.277 e. The zero-order valence-electron chi connectivity index (χ0n) is 14.7. The number of benzene rings is 4. The Morgan fingerprint density at radius 2 is 1.54 bits per heavy atom. The topological polar surface area (TPSA) is 56.0 Å². The number of aromatic nitrogens is 1.